The second kappa shape index (κ2) is 8.95. The maximum absolute atomic E-state index is 6.24. The molecule has 4 aromatic rings. The predicted octanol–water partition coefficient (Wildman–Crippen LogP) is 4.93. The third-order valence-electron chi connectivity index (χ3n) is 5.24. The molecule has 0 unspecified atom stereocenters. The number of aromatic nitrogens is 2. The molecule has 0 saturated heterocycles. The normalized spacial score (nSPS) is 11.7. The molecule has 0 spiro atoms. The zero-order chi connectivity index (χ0) is 20.2. The van der Waals surface area contributed by atoms with Crippen LogP contribution in [0.4, 0.5) is 0 Å². The molecular weight excluding hydrogens is 380 g/mol. The highest BCUT2D eigenvalue weighted by molar-refractivity contribution is 6.30. The molecule has 0 amide bonds. The molecule has 0 aliphatic carbocycles. The Kier molecular flexibility index (Phi) is 6.14. The van der Waals surface area contributed by atoms with Crippen molar-refractivity contribution in [3.8, 4) is 0 Å². The smallest absolute Gasteiger partial charge is 0.0784 e. The number of hydrogen-bond acceptors (Lipinski definition) is 3. The van der Waals surface area contributed by atoms with Crippen LogP contribution in [0.25, 0.3) is 21.8 Å². The van der Waals surface area contributed by atoms with Gasteiger partial charge < -0.3 is 14.8 Å². The molecule has 0 aliphatic heterocycles. The molecule has 5 heteroatoms. The average molecular weight is 407 g/mol. The summed E-state index contributed by atoms with van der Waals surface area (Å²) in [5.74, 6) is 0. The van der Waals surface area contributed by atoms with Gasteiger partial charge in [0.2, 0.25) is 0 Å². The van der Waals surface area contributed by atoms with Crippen LogP contribution in [-0.4, -0.2) is 41.6 Å². The highest BCUT2D eigenvalue weighted by atomic mass is 35.5. The van der Waals surface area contributed by atoms with Crippen molar-refractivity contribution < 1.29 is 0 Å². The fraction of sp³-hybridized carbons (Fsp3) is 0.292. The van der Waals surface area contributed by atoms with Gasteiger partial charge in [-0.1, -0.05) is 41.9 Å². The quantitative estimate of drug-likeness (QED) is 0.421. The highest BCUT2D eigenvalue weighted by Gasteiger charge is 2.15. The number of hydrogen-bond donors (Lipinski definition) is 1. The van der Waals surface area contributed by atoms with Gasteiger partial charge in [-0.2, -0.15) is 0 Å². The lowest BCUT2D eigenvalue weighted by atomic mass is 10.1. The summed E-state index contributed by atoms with van der Waals surface area (Å²) in [5, 5.41) is 6.86. The number of pyridine rings is 1. The number of benzene rings is 2. The molecule has 4 rings (SSSR count). The topological polar surface area (TPSA) is 33.1 Å². The standard InChI is InChI=1S/C24H27ClN4/c1-28(2)14-6-12-26-16-22-24-21(11-13-27-22)20-9-3-4-10-23(20)29(24)17-18-7-5-8-19(25)15-18/h3-5,7-11,13,15,26H,6,12,14,16-17H2,1-2H3. The van der Waals surface area contributed by atoms with Crippen molar-refractivity contribution in [2.24, 2.45) is 0 Å². The predicted molar refractivity (Wildman–Crippen MR) is 123 cm³/mol. The van der Waals surface area contributed by atoms with Gasteiger partial charge in [0.15, 0.2) is 0 Å². The zero-order valence-corrected chi connectivity index (χ0v) is 17.8. The van der Waals surface area contributed by atoms with Crippen LogP contribution in [0, 0.1) is 0 Å². The Bertz CT molecular complexity index is 1120. The number of halogens is 1. The molecule has 0 saturated carbocycles. The van der Waals surface area contributed by atoms with Gasteiger partial charge in [-0.25, -0.2) is 0 Å². The van der Waals surface area contributed by atoms with E-state index in [2.05, 4.69) is 65.3 Å². The van der Waals surface area contributed by atoms with Crippen molar-refractivity contribution in [1.82, 2.24) is 19.8 Å². The van der Waals surface area contributed by atoms with Gasteiger partial charge in [0.1, 0.15) is 0 Å². The van der Waals surface area contributed by atoms with Crippen molar-refractivity contribution in [2.75, 3.05) is 27.2 Å². The minimum atomic E-state index is 0.761. The van der Waals surface area contributed by atoms with Gasteiger partial charge in [-0.05, 0) is 63.4 Å². The van der Waals surface area contributed by atoms with E-state index in [1.807, 2.05) is 24.4 Å². The molecule has 0 atom stereocenters. The summed E-state index contributed by atoms with van der Waals surface area (Å²) in [6.45, 7) is 3.59. The van der Waals surface area contributed by atoms with Crippen LogP contribution in [-0.2, 0) is 13.1 Å². The Labute approximate surface area is 177 Å². The number of nitrogens with zero attached hydrogens (tertiary/aromatic N) is 3. The van der Waals surface area contributed by atoms with E-state index in [4.69, 9.17) is 16.6 Å². The lowest BCUT2D eigenvalue weighted by Crippen LogP contribution is -2.21. The van der Waals surface area contributed by atoms with Gasteiger partial charge in [-0.3, -0.25) is 4.98 Å². The Balaban J connectivity index is 1.71. The monoisotopic (exact) mass is 406 g/mol. The summed E-state index contributed by atoms with van der Waals surface area (Å²) in [6, 6.07) is 18.8. The molecular formula is C24H27ClN4. The lowest BCUT2D eigenvalue weighted by molar-refractivity contribution is 0.394. The van der Waals surface area contributed by atoms with Crippen LogP contribution in [0.15, 0.2) is 60.8 Å². The highest BCUT2D eigenvalue weighted by Crippen LogP contribution is 2.31. The van der Waals surface area contributed by atoms with Crippen LogP contribution in [0.5, 0.6) is 0 Å². The molecule has 4 nitrogen and oxygen atoms in total. The minimum absolute atomic E-state index is 0.761. The first kappa shape index (κ1) is 19.9. The van der Waals surface area contributed by atoms with Crippen molar-refractivity contribution in [3.05, 3.63) is 77.1 Å². The maximum Gasteiger partial charge on any atom is 0.0784 e. The second-order valence-electron chi connectivity index (χ2n) is 7.72. The maximum atomic E-state index is 6.24. The van der Waals surface area contributed by atoms with Gasteiger partial charge >= 0.3 is 0 Å². The van der Waals surface area contributed by atoms with Gasteiger partial charge in [-0.15, -0.1) is 0 Å². The van der Waals surface area contributed by atoms with E-state index in [0.29, 0.717) is 0 Å². The molecule has 0 fully saturated rings. The first-order chi connectivity index (χ1) is 14.1. The third kappa shape index (κ3) is 4.45. The number of para-hydroxylation sites is 1. The van der Waals surface area contributed by atoms with E-state index < -0.39 is 0 Å². The summed E-state index contributed by atoms with van der Waals surface area (Å²) in [5.41, 5.74) is 4.71. The van der Waals surface area contributed by atoms with Crippen LogP contribution in [0.1, 0.15) is 17.7 Å². The van der Waals surface area contributed by atoms with E-state index >= 15 is 0 Å². The summed E-state index contributed by atoms with van der Waals surface area (Å²) < 4.78 is 2.38. The van der Waals surface area contributed by atoms with Crippen LogP contribution < -0.4 is 5.32 Å². The first-order valence-electron chi connectivity index (χ1n) is 10.1. The summed E-state index contributed by atoms with van der Waals surface area (Å²) in [7, 11) is 4.22. The van der Waals surface area contributed by atoms with E-state index in [9.17, 15) is 0 Å². The average Bonchev–Trinajstić information content (AvgIpc) is 3.02. The van der Waals surface area contributed by atoms with E-state index in [1.165, 1.54) is 27.4 Å². The number of fused-ring (bicyclic) bond motifs is 3. The van der Waals surface area contributed by atoms with Crippen molar-refractivity contribution >= 4 is 33.4 Å². The van der Waals surface area contributed by atoms with Crippen LogP contribution in [0.2, 0.25) is 5.02 Å². The molecule has 2 aromatic carbocycles. The van der Waals surface area contributed by atoms with Crippen LogP contribution in [0.3, 0.4) is 0 Å². The molecule has 0 radical (unpaired) electrons. The zero-order valence-electron chi connectivity index (χ0n) is 17.0. The van der Waals surface area contributed by atoms with Crippen molar-refractivity contribution in [1.29, 1.82) is 0 Å². The van der Waals surface area contributed by atoms with Crippen LogP contribution >= 0.6 is 11.6 Å². The summed E-state index contributed by atoms with van der Waals surface area (Å²) in [6.07, 6.45) is 3.05. The fourth-order valence-electron chi connectivity index (χ4n) is 3.91. The summed E-state index contributed by atoms with van der Waals surface area (Å²) in [4.78, 5) is 6.95. The molecule has 2 heterocycles. The number of nitrogens with one attached hydrogen (secondary N) is 1. The fourth-order valence-corrected chi connectivity index (χ4v) is 4.12. The van der Waals surface area contributed by atoms with Gasteiger partial charge in [0.25, 0.3) is 0 Å². The summed E-state index contributed by atoms with van der Waals surface area (Å²) >= 11 is 6.24. The van der Waals surface area contributed by atoms with Crippen molar-refractivity contribution in [2.45, 2.75) is 19.5 Å². The minimum Gasteiger partial charge on any atom is -0.334 e. The van der Waals surface area contributed by atoms with Gasteiger partial charge in [0, 0.05) is 40.6 Å². The Morgan fingerprint density at radius 2 is 1.90 bits per heavy atom. The van der Waals surface area contributed by atoms with E-state index in [1.54, 1.807) is 0 Å². The Morgan fingerprint density at radius 3 is 2.72 bits per heavy atom. The van der Waals surface area contributed by atoms with E-state index in [0.717, 1.165) is 43.3 Å². The van der Waals surface area contributed by atoms with E-state index in [-0.39, 0.29) is 0 Å². The number of rotatable bonds is 8. The first-order valence-corrected chi connectivity index (χ1v) is 10.5. The largest absolute Gasteiger partial charge is 0.334 e. The molecule has 0 aliphatic rings. The molecule has 2 aromatic heterocycles. The van der Waals surface area contributed by atoms with Crippen molar-refractivity contribution in [3.63, 3.8) is 0 Å². The van der Waals surface area contributed by atoms with Gasteiger partial charge in [0.05, 0.1) is 11.2 Å². The SMILES string of the molecule is CN(C)CCCNCc1nccc2c3ccccc3n(Cc3cccc(Cl)c3)c12. The molecule has 150 valence electrons. The third-order valence-corrected chi connectivity index (χ3v) is 5.47. The second-order valence-corrected chi connectivity index (χ2v) is 8.16. The molecule has 29 heavy (non-hydrogen) atoms. The Morgan fingerprint density at radius 1 is 1.03 bits per heavy atom. The molecule has 0 bridgehead atoms. The Hall–Kier alpha value is -2.40. The lowest BCUT2D eigenvalue weighted by Gasteiger charge is -2.12. The molecule has 1 N–H and O–H groups in total.